The normalized spacial score (nSPS) is 16.6. The zero-order valence-electron chi connectivity index (χ0n) is 22.1. The Bertz CT molecular complexity index is 1460. The molecular weight excluding hydrogens is 532 g/mol. The summed E-state index contributed by atoms with van der Waals surface area (Å²) < 4.78 is 10.3. The predicted molar refractivity (Wildman–Crippen MR) is 147 cm³/mol. The number of hydrogen-bond acceptors (Lipinski definition) is 8. The Balaban J connectivity index is 1.33. The number of fused-ring (bicyclic) bond motifs is 2. The van der Waals surface area contributed by atoms with Crippen LogP contribution in [0.2, 0.25) is 0 Å². The van der Waals surface area contributed by atoms with E-state index in [1.165, 1.54) is 30.6 Å². The number of ether oxygens (including phenoxy) is 2. The summed E-state index contributed by atoms with van der Waals surface area (Å²) in [7, 11) is 1.29. The van der Waals surface area contributed by atoms with E-state index < -0.39 is 42.3 Å². The molecule has 0 radical (unpaired) electrons. The van der Waals surface area contributed by atoms with Gasteiger partial charge in [0.25, 0.3) is 17.7 Å². The van der Waals surface area contributed by atoms with E-state index in [1.54, 1.807) is 36.4 Å². The summed E-state index contributed by atoms with van der Waals surface area (Å²) in [5.41, 5.74) is 2.36. The summed E-state index contributed by atoms with van der Waals surface area (Å²) in [4.78, 5) is 67.0. The summed E-state index contributed by atoms with van der Waals surface area (Å²) in [6.45, 7) is 1.48. The second-order valence-corrected chi connectivity index (χ2v) is 11.0. The van der Waals surface area contributed by atoms with Crippen molar-refractivity contribution in [2.45, 2.75) is 38.6 Å². The van der Waals surface area contributed by atoms with E-state index in [2.05, 4.69) is 12.2 Å². The molecule has 0 bridgehead atoms. The van der Waals surface area contributed by atoms with Gasteiger partial charge >= 0.3 is 11.9 Å². The van der Waals surface area contributed by atoms with E-state index in [9.17, 15) is 24.0 Å². The maximum atomic E-state index is 13.3. The van der Waals surface area contributed by atoms with Crippen molar-refractivity contribution in [3.05, 3.63) is 87.3 Å². The van der Waals surface area contributed by atoms with Crippen LogP contribution in [-0.2, 0) is 38.3 Å². The number of thiophene rings is 1. The highest BCUT2D eigenvalue weighted by Crippen LogP contribution is 2.40. The number of carbonyl (C=O) groups excluding carboxylic acids is 5. The maximum Gasteiger partial charge on any atom is 0.341 e. The van der Waals surface area contributed by atoms with Gasteiger partial charge in [0.15, 0.2) is 6.61 Å². The van der Waals surface area contributed by atoms with Crippen molar-refractivity contribution in [3.8, 4) is 0 Å². The van der Waals surface area contributed by atoms with Crippen LogP contribution in [-0.4, -0.2) is 54.3 Å². The van der Waals surface area contributed by atoms with Crippen LogP contribution in [0.5, 0.6) is 0 Å². The van der Waals surface area contributed by atoms with Gasteiger partial charge in [-0.25, -0.2) is 9.59 Å². The third-order valence-electron chi connectivity index (χ3n) is 7.18. The van der Waals surface area contributed by atoms with Crippen LogP contribution in [0.1, 0.15) is 60.4 Å². The largest absolute Gasteiger partial charge is 0.465 e. The van der Waals surface area contributed by atoms with Crippen molar-refractivity contribution in [1.82, 2.24) is 4.90 Å². The minimum absolute atomic E-state index is 0.0229. The van der Waals surface area contributed by atoms with Crippen LogP contribution in [0, 0.1) is 5.92 Å². The molecular formula is C30H28N2O7S. The molecule has 1 aliphatic heterocycles. The van der Waals surface area contributed by atoms with E-state index in [-0.39, 0.29) is 17.5 Å². The molecule has 3 aromatic rings. The molecule has 2 heterocycles. The molecule has 0 spiro atoms. The van der Waals surface area contributed by atoms with Crippen LogP contribution < -0.4 is 5.32 Å². The molecule has 3 amide bonds. The molecule has 2 aromatic carbocycles. The molecule has 0 fully saturated rings. The number of methoxy groups -OCH3 is 1. The first-order chi connectivity index (χ1) is 19.3. The summed E-state index contributed by atoms with van der Waals surface area (Å²) in [6, 6.07) is 14.0. The van der Waals surface area contributed by atoms with Crippen LogP contribution in [0.25, 0.3) is 0 Å². The fourth-order valence-electron chi connectivity index (χ4n) is 5.16. The second-order valence-electron chi connectivity index (χ2n) is 9.93. The Morgan fingerprint density at radius 1 is 1.02 bits per heavy atom. The van der Waals surface area contributed by atoms with Crippen molar-refractivity contribution in [1.29, 1.82) is 0 Å². The van der Waals surface area contributed by atoms with Crippen molar-refractivity contribution in [2.75, 3.05) is 19.0 Å². The van der Waals surface area contributed by atoms with Crippen molar-refractivity contribution < 1.29 is 33.4 Å². The van der Waals surface area contributed by atoms with Gasteiger partial charge in [-0.15, -0.1) is 11.3 Å². The van der Waals surface area contributed by atoms with Crippen molar-refractivity contribution in [3.63, 3.8) is 0 Å². The number of benzene rings is 2. The molecule has 9 nitrogen and oxygen atoms in total. The highest BCUT2D eigenvalue weighted by Gasteiger charge is 2.43. The van der Waals surface area contributed by atoms with Crippen molar-refractivity contribution in [2.24, 2.45) is 5.92 Å². The minimum Gasteiger partial charge on any atom is -0.465 e. The molecule has 1 aromatic heterocycles. The fraction of sp³-hybridized carbons (Fsp3) is 0.300. The number of carbonyl (C=O) groups is 5. The molecule has 40 heavy (non-hydrogen) atoms. The molecule has 2 aliphatic rings. The van der Waals surface area contributed by atoms with E-state index >= 15 is 0 Å². The predicted octanol–water partition coefficient (Wildman–Crippen LogP) is 4.05. The van der Waals surface area contributed by atoms with Gasteiger partial charge in [0.1, 0.15) is 11.0 Å². The number of anilines is 1. The van der Waals surface area contributed by atoms with Gasteiger partial charge in [0, 0.05) is 11.3 Å². The zero-order chi connectivity index (χ0) is 28.4. The van der Waals surface area contributed by atoms with E-state index in [0.29, 0.717) is 28.5 Å². The Labute approximate surface area is 235 Å². The molecule has 0 saturated heterocycles. The number of nitrogens with one attached hydrogen (secondary N) is 1. The number of nitrogens with zero attached hydrogens (tertiary/aromatic N) is 1. The number of esters is 2. The average molecular weight is 561 g/mol. The quantitative estimate of drug-likeness (QED) is 0.326. The lowest BCUT2D eigenvalue weighted by Gasteiger charge is -2.24. The first kappa shape index (κ1) is 27.3. The van der Waals surface area contributed by atoms with Crippen LogP contribution in [0.4, 0.5) is 5.00 Å². The van der Waals surface area contributed by atoms with Crippen LogP contribution in [0.3, 0.4) is 0 Å². The summed E-state index contributed by atoms with van der Waals surface area (Å²) in [5, 5.41) is 3.05. The van der Waals surface area contributed by atoms with E-state index in [4.69, 9.17) is 9.47 Å². The molecule has 10 heteroatoms. The molecule has 2 unspecified atom stereocenters. The highest BCUT2D eigenvalue weighted by molar-refractivity contribution is 7.17. The van der Waals surface area contributed by atoms with Gasteiger partial charge in [-0.1, -0.05) is 49.4 Å². The number of amides is 3. The van der Waals surface area contributed by atoms with E-state index in [1.807, 2.05) is 6.07 Å². The summed E-state index contributed by atoms with van der Waals surface area (Å²) in [5.74, 6) is -2.79. The van der Waals surface area contributed by atoms with E-state index in [0.717, 1.165) is 28.2 Å². The van der Waals surface area contributed by atoms with Gasteiger partial charge in [-0.2, -0.15) is 0 Å². The third kappa shape index (κ3) is 5.27. The maximum absolute atomic E-state index is 13.3. The number of hydrogen-bond donors (Lipinski definition) is 1. The standard InChI is InChI=1S/C30H28N2O7S/c1-17-12-13-21-23(14-17)40-26(25(21)30(37)38-2)31-24(33)16-39-29(36)22(15-18-8-4-3-5-9-18)32-27(34)19-10-6-7-11-20(19)28(32)35/h3-11,17,22H,12-16H2,1-2H3,(H,31,33). The second kappa shape index (κ2) is 11.4. The molecule has 0 saturated carbocycles. The Hall–Kier alpha value is -4.31. The first-order valence-corrected chi connectivity index (χ1v) is 13.8. The van der Waals surface area contributed by atoms with Crippen LogP contribution in [0.15, 0.2) is 54.6 Å². The third-order valence-corrected chi connectivity index (χ3v) is 8.35. The molecule has 2 atom stereocenters. The monoisotopic (exact) mass is 560 g/mol. The molecule has 206 valence electrons. The lowest BCUT2D eigenvalue weighted by molar-refractivity contribution is -0.151. The average Bonchev–Trinajstić information content (AvgIpc) is 3.43. The number of rotatable bonds is 8. The smallest absolute Gasteiger partial charge is 0.341 e. The van der Waals surface area contributed by atoms with Gasteiger partial charge in [-0.05, 0) is 48.4 Å². The summed E-state index contributed by atoms with van der Waals surface area (Å²) >= 11 is 1.32. The SMILES string of the molecule is COC(=O)c1c(NC(=O)COC(=O)C(Cc2ccccc2)N2C(=O)c3ccccc3C2=O)sc2c1CCC(C)C2. The Kier molecular flexibility index (Phi) is 7.79. The Morgan fingerprint density at radius 2 is 1.68 bits per heavy atom. The van der Waals surface area contributed by atoms with Gasteiger partial charge in [0.2, 0.25) is 0 Å². The zero-order valence-corrected chi connectivity index (χ0v) is 22.9. The number of imide groups is 1. The first-order valence-electron chi connectivity index (χ1n) is 13.0. The highest BCUT2D eigenvalue weighted by atomic mass is 32.1. The molecule has 5 rings (SSSR count). The van der Waals surface area contributed by atoms with Gasteiger partial charge in [-0.3, -0.25) is 19.3 Å². The molecule has 1 aliphatic carbocycles. The van der Waals surface area contributed by atoms with Gasteiger partial charge in [0.05, 0.1) is 23.8 Å². The topological polar surface area (TPSA) is 119 Å². The lowest BCUT2D eigenvalue weighted by Crippen LogP contribution is -2.47. The summed E-state index contributed by atoms with van der Waals surface area (Å²) in [6.07, 6.45) is 2.47. The van der Waals surface area contributed by atoms with Crippen LogP contribution >= 0.6 is 11.3 Å². The Morgan fingerprint density at radius 3 is 2.33 bits per heavy atom. The lowest BCUT2D eigenvalue weighted by atomic mass is 9.88. The fourth-order valence-corrected chi connectivity index (χ4v) is 6.58. The van der Waals surface area contributed by atoms with Gasteiger partial charge < -0.3 is 14.8 Å². The minimum atomic E-state index is -1.27. The van der Waals surface area contributed by atoms with Crippen molar-refractivity contribution >= 4 is 46.0 Å². The molecule has 1 N–H and O–H groups in total.